The number of carbonyl (C=O) groups is 3. The topological polar surface area (TPSA) is 170 Å². The number of phenols is 1. The summed E-state index contributed by atoms with van der Waals surface area (Å²) < 4.78 is 0. The number of aryl methyl sites for hydroxylation is 4. The van der Waals surface area contributed by atoms with Gasteiger partial charge in [0.1, 0.15) is 5.75 Å². The van der Waals surface area contributed by atoms with Crippen LogP contribution < -0.4 is 36.8 Å². The monoisotopic (exact) mass is 1430 g/mol. The summed E-state index contributed by atoms with van der Waals surface area (Å²) in [7, 11) is 0. The number of aromatic hydroxyl groups is 1. The maximum atomic E-state index is 12.0. The molecule has 0 bridgehead atoms. The van der Waals surface area contributed by atoms with Crippen LogP contribution in [0.1, 0.15) is 273 Å². The van der Waals surface area contributed by atoms with Crippen molar-refractivity contribution in [3.63, 3.8) is 0 Å². The molecule has 6 rings (SSSR count). The molecule has 7 N–H and O–H groups in total. The third-order valence-corrected chi connectivity index (χ3v) is 20.4. The highest BCUT2D eigenvalue weighted by atomic mass is 16.3. The Morgan fingerprint density at radius 1 is 0.433 bits per heavy atom. The van der Waals surface area contributed by atoms with Gasteiger partial charge in [0.15, 0.2) is 0 Å². The molecule has 0 saturated heterocycles. The van der Waals surface area contributed by atoms with Gasteiger partial charge in [0.25, 0.3) is 0 Å². The molecule has 0 fully saturated rings. The van der Waals surface area contributed by atoms with Crippen LogP contribution in [0.3, 0.4) is 0 Å². The fourth-order valence-electron chi connectivity index (χ4n) is 13.3. The first-order valence-electron chi connectivity index (χ1n) is 40.9. The van der Waals surface area contributed by atoms with Gasteiger partial charge in [-0.25, -0.2) is 4.99 Å². The van der Waals surface area contributed by atoms with Gasteiger partial charge in [0, 0.05) is 81.6 Å². The summed E-state index contributed by atoms with van der Waals surface area (Å²) in [6.45, 7) is 46.1. The van der Waals surface area contributed by atoms with Crippen LogP contribution in [0.2, 0.25) is 0 Å². The van der Waals surface area contributed by atoms with E-state index in [0.29, 0.717) is 23.2 Å². The molecule has 5 aromatic carbocycles. The van der Waals surface area contributed by atoms with E-state index in [1.165, 1.54) is 240 Å². The molecule has 2 amide bonds. The fourth-order valence-corrected chi connectivity index (χ4v) is 13.3. The van der Waals surface area contributed by atoms with E-state index in [-0.39, 0.29) is 29.0 Å². The van der Waals surface area contributed by atoms with Gasteiger partial charge >= 0.3 is 0 Å². The van der Waals surface area contributed by atoms with Crippen LogP contribution in [0, 0.1) is 63.2 Å². The lowest BCUT2D eigenvalue weighted by atomic mass is 9.95. The summed E-state index contributed by atoms with van der Waals surface area (Å²) in [5.74, 6) is 4.07. The van der Waals surface area contributed by atoms with Crippen molar-refractivity contribution < 1.29 is 19.5 Å². The van der Waals surface area contributed by atoms with E-state index in [4.69, 9.17) is 21.6 Å². The normalized spacial score (nSPS) is 13.7. The average molecular weight is 1430 g/mol. The van der Waals surface area contributed by atoms with Crippen molar-refractivity contribution in [2.24, 2.45) is 40.5 Å². The maximum absolute atomic E-state index is 12.0. The summed E-state index contributed by atoms with van der Waals surface area (Å²) in [5.41, 5.74) is 24.4. The van der Waals surface area contributed by atoms with E-state index in [1.54, 1.807) is 30.4 Å². The van der Waals surface area contributed by atoms with Crippen LogP contribution in [-0.4, -0.2) is 67.7 Å². The van der Waals surface area contributed by atoms with E-state index >= 15 is 0 Å². The molecule has 0 spiro atoms. The minimum Gasteiger partial charge on any atom is -0.506 e. The highest BCUT2D eigenvalue weighted by Gasteiger charge is 2.22. The van der Waals surface area contributed by atoms with Crippen LogP contribution in [0.25, 0.3) is 0 Å². The van der Waals surface area contributed by atoms with E-state index in [9.17, 15) is 14.4 Å². The predicted octanol–water partition coefficient (Wildman–Crippen LogP) is 24.4. The molecule has 0 heterocycles. The number of rotatable bonds is 42. The zero-order valence-electron chi connectivity index (χ0n) is 68.9. The number of amides is 2. The first-order chi connectivity index (χ1) is 50.0. The standard InChI is InChI=1S/C31H47N3O2.C23H42N2.C23H41N.C8H9NO2.C7H9N/c1-7-11-13-25(9-3)21-34(22-26(10-4)14-12-8-2)28-16-17-29(23(5)19-28)33-27-15-18-31(36)30(20-27)32-24(6)35;1-6-10-12-20(8-3)17-25(18-21(9-4)13-11-7-2)22-14-15-23(24)19(5)16-22;1-6-10-14-21(8-3)18-24(19-22(9-4)15-11-7-2)23-16-12-13-20(5)17-23;1-6(10)9-7-4-2-3-5-8(7)11;1-6-3-2-4-7(8)5-6/h15-20,25-26H,7-14,21-22H2,1-6H3,(H,32,35);14-16,20-21H,6-13,17-18,24H2,1-5H3;12-13,16-17,21-22H,6-11,14-15,18-19H2,1-5H3;2-5,11H,1H3,(H,9,10);2-5H,8H2,1H3. The zero-order chi connectivity index (χ0) is 77.2. The van der Waals surface area contributed by atoms with Crippen LogP contribution in [0.15, 0.2) is 138 Å². The third kappa shape index (κ3) is 38.6. The molecule has 0 radical (unpaired) electrons. The van der Waals surface area contributed by atoms with Gasteiger partial charge in [-0.05, 0) is 215 Å². The molecular formula is C92H148N8O4. The maximum Gasteiger partial charge on any atom is 0.221 e. The Kier molecular flexibility index (Phi) is 49.2. The lowest BCUT2D eigenvalue weighted by molar-refractivity contribution is -0.120. The molecule has 1 aliphatic carbocycles. The Morgan fingerprint density at radius 2 is 0.808 bits per heavy atom. The number of carbonyl (C=O) groups excluding carboxylic acids is 3. The molecule has 104 heavy (non-hydrogen) atoms. The Morgan fingerprint density at radius 3 is 1.14 bits per heavy atom. The van der Waals surface area contributed by atoms with E-state index in [2.05, 4.69) is 190 Å². The molecule has 6 atom stereocenters. The molecule has 12 heteroatoms. The van der Waals surface area contributed by atoms with Gasteiger partial charge in [-0.2, -0.15) is 0 Å². The smallest absolute Gasteiger partial charge is 0.221 e. The van der Waals surface area contributed by atoms with Crippen molar-refractivity contribution in [1.82, 2.24) is 5.32 Å². The molecule has 0 aromatic heterocycles. The van der Waals surface area contributed by atoms with Crippen molar-refractivity contribution in [2.75, 3.05) is 70.8 Å². The van der Waals surface area contributed by atoms with Gasteiger partial charge < -0.3 is 41.9 Å². The lowest BCUT2D eigenvalue weighted by Gasteiger charge is -2.33. The van der Waals surface area contributed by atoms with Gasteiger partial charge in [-0.15, -0.1) is 0 Å². The molecule has 5 aromatic rings. The highest BCUT2D eigenvalue weighted by molar-refractivity contribution is 6.20. The fraction of sp³-hybridized carbons (Fsp3) is 0.587. The number of allylic oxidation sites excluding steroid dienone is 3. The number of hydrogen-bond acceptors (Lipinski definition) is 10. The zero-order valence-corrected chi connectivity index (χ0v) is 68.9. The Labute approximate surface area is 635 Å². The molecular weight excluding hydrogens is 1280 g/mol. The summed E-state index contributed by atoms with van der Waals surface area (Å²) in [5, 5.41) is 14.2. The summed E-state index contributed by atoms with van der Waals surface area (Å²) in [6, 6.07) is 36.6. The number of para-hydroxylation sites is 2. The largest absolute Gasteiger partial charge is 0.506 e. The number of aliphatic imine (C=N–C) groups is 1. The molecule has 6 unspecified atom stereocenters. The Balaban J connectivity index is 0.000000477. The number of hydrogen-bond donors (Lipinski definition) is 5. The van der Waals surface area contributed by atoms with Crippen molar-refractivity contribution in [3.05, 3.63) is 155 Å². The van der Waals surface area contributed by atoms with Crippen LogP contribution in [-0.2, 0) is 14.4 Å². The Hall–Kier alpha value is -7.34. The van der Waals surface area contributed by atoms with E-state index in [0.717, 1.165) is 59.4 Å². The van der Waals surface area contributed by atoms with Crippen molar-refractivity contribution in [1.29, 1.82) is 0 Å². The first kappa shape index (κ1) is 92.7. The second-order valence-electron chi connectivity index (χ2n) is 29.7. The molecule has 12 nitrogen and oxygen atoms in total. The van der Waals surface area contributed by atoms with Gasteiger partial charge in [0.05, 0.1) is 22.8 Å². The summed E-state index contributed by atoms with van der Waals surface area (Å²) in [6.07, 6.45) is 36.1. The summed E-state index contributed by atoms with van der Waals surface area (Å²) >= 11 is 0. The number of nitrogens with zero attached hydrogens (tertiary/aromatic N) is 4. The van der Waals surface area contributed by atoms with Gasteiger partial charge in [0.2, 0.25) is 17.6 Å². The SMILES string of the molecule is CC(=O)Nc1ccccc1O.CCCCC(CC)CN(CC(CC)CCCC)c1ccc(N)c(C)c1.CCCCC(CC)CN(CC(CC)CCCC)c1ccc(N=C2C=CC(=O)C(NC(C)=O)=C2)c(C)c1.CCCCC(CC)CN(CC(CC)CCCC)c1cccc(C)c1.Cc1cccc(N)c1. The number of nitrogens with one attached hydrogen (secondary N) is 2. The number of benzene rings is 5. The number of unbranched alkanes of at least 4 members (excludes halogenated alkanes) is 6. The van der Waals surface area contributed by atoms with Gasteiger partial charge in [-0.1, -0.05) is 235 Å². The molecule has 1 aliphatic rings. The van der Waals surface area contributed by atoms with E-state index in [1.807, 2.05) is 31.2 Å². The molecule has 0 aliphatic heterocycles. The average Bonchev–Trinajstić information content (AvgIpc) is 0.840. The van der Waals surface area contributed by atoms with Crippen molar-refractivity contribution >= 4 is 63.1 Å². The number of nitrogens with two attached hydrogens (primary N) is 2. The van der Waals surface area contributed by atoms with E-state index < -0.39 is 0 Å². The number of nitrogen functional groups attached to an aromatic ring is 2. The minimum absolute atomic E-state index is 0.0858. The van der Waals surface area contributed by atoms with Crippen LogP contribution in [0.5, 0.6) is 5.75 Å². The van der Waals surface area contributed by atoms with Gasteiger partial charge in [-0.3, -0.25) is 14.4 Å². The lowest BCUT2D eigenvalue weighted by Crippen LogP contribution is -2.34. The number of anilines is 6. The van der Waals surface area contributed by atoms with Crippen molar-refractivity contribution in [2.45, 2.75) is 279 Å². The molecule has 0 saturated carbocycles. The quantitative estimate of drug-likeness (QED) is 0.0145. The van der Waals surface area contributed by atoms with Crippen molar-refractivity contribution in [3.8, 4) is 5.75 Å². The van der Waals surface area contributed by atoms with Crippen LogP contribution >= 0.6 is 0 Å². The Bertz CT molecular complexity index is 3170. The van der Waals surface area contributed by atoms with Crippen LogP contribution in [0.4, 0.5) is 39.8 Å². The molecule has 580 valence electrons. The third-order valence-electron chi connectivity index (χ3n) is 20.4. The first-order valence-corrected chi connectivity index (χ1v) is 40.9. The summed E-state index contributed by atoms with van der Waals surface area (Å²) in [4.78, 5) is 46.7. The highest BCUT2D eigenvalue weighted by Crippen LogP contribution is 2.32. The number of ketones is 1. The minimum atomic E-state index is -0.265. The second-order valence-corrected chi connectivity index (χ2v) is 29.7. The second kappa shape index (κ2) is 55.2. The predicted molar refractivity (Wildman–Crippen MR) is 456 cm³/mol. The number of phenolic OH excluding ortho intramolecular Hbond substituents is 1.